The van der Waals surface area contributed by atoms with Gasteiger partial charge in [0.15, 0.2) is 8.32 Å². The van der Waals surface area contributed by atoms with E-state index in [2.05, 4.69) is 5.32 Å². The molecule has 9 nitrogen and oxygen atoms in total. The van der Waals surface area contributed by atoms with Crippen molar-refractivity contribution >= 4 is 26.0 Å². The Morgan fingerprint density at radius 2 is 1.14 bits per heavy atom. The number of nitrogens with one attached hydrogen (secondary N) is 2. The Morgan fingerprint density at radius 1 is 0.672 bits per heavy atom. The van der Waals surface area contributed by atoms with Gasteiger partial charge in [-0.3, -0.25) is 15.3 Å². The summed E-state index contributed by atoms with van der Waals surface area (Å²) in [5.41, 5.74) is 0.218. The molecule has 0 heterocycles. The molecular weight excluding hydrogens is 935 g/mol. The van der Waals surface area contributed by atoms with Crippen LogP contribution < -0.4 is 20.3 Å². The summed E-state index contributed by atoms with van der Waals surface area (Å²) in [6.45, 7) is 4.21. The van der Waals surface area contributed by atoms with Crippen LogP contribution in [0.5, 0.6) is 11.5 Å². The van der Waals surface area contributed by atoms with Crippen LogP contribution in [0.2, 0.25) is 17.1 Å². The van der Waals surface area contributed by atoms with Crippen LogP contribution in [-0.2, 0) is 14.0 Å². The largest absolute Gasteiger partial charge is 0.497 e. The number of hydrogen-bond donors (Lipinski definition) is 3. The molecule has 1 atom stereocenters. The molecule has 0 aromatic heterocycles. The second kappa shape index (κ2) is 20.3. The molecule has 3 N–H and O–H groups in total. The first-order valence-corrected chi connectivity index (χ1v) is 20.6. The van der Waals surface area contributed by atoms with Crippen molar-refractivity contribution < 1.29 is 108 Å². The number of ether oxygens (including phenoxy) is 3. The summed E-state index contributed by atoms with van der Waals surface area (Å²) in [5.74, 6) is -57.2. The lowest BCUT2D eigenvalue weighted by molar-refractivity contribution is -0.461. The molecule has 0 saturated heterocycles. The number of benzene rings is 2. The van der Waals surface area contributed by atoms with E-state index in [9.17, 15) is 84.2 Å². The van der Waals surface area contributed by atoms with Gasteiger partial charge in [0.25, 0.3) is 5.91 Å². The molecule has 2 aromatic rings. The second-order valence-electron chi connectivity index (χ2n) is 14.5. The Balaban J connectivity index is 2.26. The Bertz CT molecular complexity index is 1870. The summed E-state index contributed by atoms with van der Waals surface area (Å²) in [6.07, 6.45) is -10.3. The maximum Gasteiger partial charge on any atom is 0.460 e. The van der Waals surface area contributed by atoms with Gasteiger partial charge >= 0.3 is 53.7 Å². The molecule has 0 spiro atoms. The number of methoxy groups -OCH3 is 1. The minimum Gasteiger partial charge on any atom is -0.497 e. The lowest BCUT2D eigenvalue weighted by Gasteiger charge is -2.44. The number of alkyl halides is 17. The highest BCUT2D eigenvalue weighted by atomic mass is 28.4. The summed E-state index contributed by atoms with van der Waals surface area (Å²) in [4.78, 5) is 24.1. The number of amides is 2. The van der Waals surface area contributed by atoms with Gasteiger partial charge in [-0.2, -0.15) is 74.6 Å². The Kier molecular flexibility index (Phi) is 17.7. The molecule has 2 rings (SSSR count). The van der Waals surface area contributed by atoms with Crippen LogP contribution >= 0.6 is 0 Å². The average molecular weight is 977 g/mol. The third kappa shape index (κ3) is 11.3. The minimum atomic E-state index is -8.71. The summed E-state index contributed by atoms with van der Waals surface area (Å²) in [6, 6.07) is 10.3. The van der Waals surface area contributed by atoms with E-state index in [4.69, 9.17) is 23.8 Å². The summed E-state index contributed by atoms with van der Waals surface area (Å²) < 4.78 is 257. The number of halogens is 17. The van der Waals surface area contributed by atoms with E-state index in [1.807, 2.05) is 0 Å². The number of carbonyl (C=O) groups is 2. The van der Waals surface area contributed by atoms with E-state index in [0.717, 1.165) is 6.08 Å². The van der Waals surface area contributed by atoms with E-state index in [1.54, 1.807) is 12.1 Å². The lowest BCUT2D eigenvalue weighted by Crippen LogP contribution is -2.74. The zero-order valence-corrected chi connectivity index (χ0v) is 34.9. The summed E-state index contributed by atoms with van der Waals surface area (Å²) in [5, 5.41) is 11.2. The zero-order chi connectivity index (χ0) is 49.5. The van der Waals surface area contributed by atoms with Gasteiger partial charge in [0, 0.05) is 24.6 Å². The molecule has 2 aromatic carbocycles. The molecule has 27 heteroatoms. The van der Waals surface area contributed by atoms with E-state index in [0.29, 0.717) is 17.0 Å². The van der Waals surface area contributed by atoms with Crippen molar-refractivity contribution in [1.82, 2.24) is 5.48 Å². The molecule has 364 valence electrons. The Hall–Kier alpha value is -4.53. The van der Waals surface area contributed by atoms with Crippen LogP contribution in [0.25, 0.3) is 0 Å². The number of rotatable bonds is 23. The van der Waals surface area contributed by atoms with E-state index in [-0.39, 0.29) is 12.2 Å². The van der Waals surface area contributed by atoms with Gasteiger partial charge < -0.3 is 18.6 Å². The molecule has 0 bridgehead atoms. The molecule has 64 heavy (non-hydrogen) atoms. The smallest absolute Gasteiger partial charge is 0.460 e. The fraction of sp³-hybridized carbons (Fsp3) is 0.568. The van der Waals surface area contributed by atoms with Crippen LogP contribution in [0, 0.1) is 0 Å². The van der Waals surface area contributed by atoms with Crippen molar-refractivity contribution in [2.24, 2.45) is 0 Å². The first-order valence-electron chi connectivity index (χ1n) is 18.3. The van der Waals surface area contributed by atoms with Crippen LogP contribution in [-0.4, -0.2) is 93.5 Å². The van der Waals surface area contributed by atoms with Crippen molar-refractivity contribution in [2.75, 3.05) is 25.6 Å². The predicted octanol–water partition coefficient (Wildman–Crippen LogP) is 12.0. The lowest BCUT2D eigenvalue weighted by atomic mass is 9.88. The summed E-state index contributed by atoms with van der Waals surface area (Å²) in [7, 11) is -2.59. The third-order valence-corrected chi connectivity index (χ3v) is 15.5. The van der Waals surface area contributed by atoms with Crippen molar-refractivity contribution in [2.45, 2.75) is 111 Å². The maximum atomic E-state index is 15.0. The zero-order valence-electron chi connectivity index (χ0n) is 33.9. The SMILES string of the molecule is COc1ccc(NC(=O)O[C@H](C/C=C/C(=O)NO)c2ccc(OCCO[Si](CCC(F)(F)C(F)(F)C(F)(F)C(F)(F)C(F)(F)C(F)(F)C(F)(F)C(F)(F)F)(C(C)C)C(C)C)cc2)cc1. The first kappa shape index (κ1) is 55.6. The standard InChI is InChI=1S/C37H41F17N2O7Si/c1-21(2)64(22(3)4,20-17-30(38,39)31(40,41)32(42,43)33(44,45)34(46,47)35(48,49)36(50,51)37(52,53)54)62-19-18-61-26-13-9-23(10-14-26)27(7-6-8-28(57)56-59)63-29(58)55-24-11-15-25(60-5)16-12-24/h6,8-16,21-22,27,59H,7,17-20H2,1-5H3,(H,55,58)(H,56,57)/b8-6+/t27-/m1/s1. The molecule has 0 aliphatic rings. The van der Waals surface area contributed by atoms with Crippen molar-refractivity contribution in [3.8, 4) is 11.5 Å². The van der Waals surface area contributed by atoms with E-state index in [1.165, 1.54) is 82.8 Å². The molecule has 0 fully saturated rings. The highest BCUT2D eigenvalue weighted by Crippen LogP contribution is 2.64. The third-order valence-electron chi connectivity index (χ3n) is 9.86. The van der Waals surface area contributed by atoms with Crippen LogP contribution in [0.3, 0.4) is 0 Å². The van der Waals surface area contributed by atoms with Gasteiger partial charge in [0.05, 0.1) is 13.7 Å². The average Bonchev–Trinajstić information content (AvgIpc) is 3.19. The van der Waals surface area contributed by atoms with Crippen molar-refractivity contribution in [3.05, 3.63) is 66.2 Å². The number of carbonyl (C=O) groups excluding carboxylic acids is 2. The molecule has 2 amide bonds. The van der Waals surface area contributed by atoms with Gasteiger partial charge in [-0.15, -0.1) is 0 Å². The van der Waals surface area contributed by atoms with Crippen LogP contribution in [0.15, 0.2) is 60.7 Å². The molecule has 0 aliphatic heterocycles. The van der Waals surface area contributed by atoms with Crippen LogP contribution in [0.1, 0.15) is 52.2 Å². The first-order chi connectivity index (χ1) is 29.0. The normalized spacial score (nSPS) is 14.5. The maximum absolute atomic E-state index is 15.0. The molecule has 0 aliphatic carbocycles. The van der Waals surface area contributed by atoms with Gasteiger partial charge in [-0.05, 0) is 59.1 Å². The highest BCUT2D eigenvalue weighted by molar-refractivity contribution is 6.76. The van der Waals surface area contributed by atoms with Crippen LogP contribution in [0.4, 0.5) is 85.1 Å². The van der Waals surface area contributed by atoms with E-state index >= 15 is 0 Å². The van der Waals surface area contributed by atoms with Crippen molar-refractivity contribution in [1.29, 1.82) is 0 Å². The number of hydrogen-bond acceptors (Lipinski definition) is 7. The minimum absolute atomic E-state index is 0.0788. The Labute approximate surface area is 354 Å². The van der Waals surface area contributed by atoms with Gasteiger partial charge in [0.1, 0.15) is 24.2 Å². The molecule has 0 saturated carbocycles. The molecular formula is C37H41F17N2O7Si. The fourth-order valence-electron chi connectivity index (χ4n) is 6.06. The van der Waals surface area contributed by atoms with Gasteiger partial charge in [-0.1, -0.05) is 45.9 Å². The predicted molar refractivity (Wildman–Crippen MR) is 193 cm³/mol. The monoisotopic (exact) mass is 976 g/mol. The number of hydroxylamine groups is 1. The summed E-state index contributed by atoms with van der Waals surface area (Å²) >= 11 is 0. The van der Waals surface area contributed by atoms with Gasteiger partial charge in [-0.25, -0.2) is 10.3 Å². The van der Waals surface area contributed by atoms with E-state index < -0.39 is 111 Å². The topological polar surface area (TPSA) is 115 Å². The highest BCUT2D eigenvalue weighted by Gasteiger charge is 2.95. The fourth-order valence-corrected chi connectivity index (χ4v) is 10.5. The quantitative estimate of drug-likeness (QED) is 0.0254. The number of anilines is 1. The molecule has 0 unspecified atom stereocenters. The van der Waals surface area contributed by atoms with Gasteiger partial charge in [0.2, 0.25) is 0 Å². The van der Waals surface area contributed by atoms with Crippen molar-refractivity contribution in [3.63, 3.8) is 0 Å². The second-order valence-corrected chi connectivity index (χ2v) is 19.5. The Morgan fingerprint density at radius 3 is 1.59 bits per heavy atom. The molecule has 0 radical (unpaired) electrons.